The molecule has 1 aromatic heterocycles. The van der Waals surface area contributed by atoms with Crippen LogP contribution in [0.15, 0.2) is 42.7 Å². The smallest absolute Gasteiger partial charge is 0.410 e. The number of ether oxygens (including phenoxy) is 1. The molecule has 1 aliphatic rings. The second-order valence-electron chi connectivity index (χ2n) is 8.43. The summed E-state index contributed by atoms with van der Waals surface area (Å²) in [6, 6.07) is 9.35. The summed E-state index contributed by atoms with van der Waals surface area (Å²) in [4.78, 5) is 26.8. The van der Waals surface area contributed by atoms with Gasteiger partial charge in [0.15, 0.2) is 0 Å². The van der Waals surface area contributed by atoms with Gasteiger partial charge in [-0.15, -0.1) is 0 Å². The fourth-order valence-corrected chi connectivity index (χ4v) is 3.43. The first-order valence-electron chi connectivity index (χ1n) is 10.2. The quantitative estimate of drug-likeness (QED) is 0.837. The van der Waals surface area contributed by atoms with E-state index in [1.165, 1.54) is 0 Å². The molecule has 0 saturated carbocycles. The third-order valence-electron chi connectivity index (χ3n) is 4.87. The van der Waals surface area contributed by atoms with Gasteiger partial charge in [0.2, 0.25) is 0 Å². The number of amides is 2. The number of rotatable bonds is 5. The lowest BCUT2D eigenvalue weighted by Crippen LogP contribution is -2.50. The largest absolute Gasteiger partial charge is 0.444 e. The van der Waals surface area contributed by atoms with Crippen LogP contribution in [0, 0.1) is 0 Å². The van der Waals surface area contributed by atoms with Gasteiger partial charge in [-0.3, -0.25) is 9.48 Å². The molecule has 7 nitrogen and oxygen atoms in total. The number of benzene rings is 1. The number of nitrogens with zero attached hydrogens (tertiary/aromatic N) is 3. The van der Waals surface area contributed by atoms with E-state index in [0.717, 1.165) is 24.8 Å². The zero-order chi connectivity index (χ0) is 20.9. The Bertz CT molecular complexity index is 810. The highest BCUT2D eigenvalue weighted by atomic mass is 16.6. The Morgan fingerprint density at radius 2 is 1.97 bits per heavy atom. The molecule has 1 aromatic carbocycles. The molecule has 2 heterocycles. The minimum atomic E-state index is -0.528. The maximum atomic E-state index is 12.6. The van der Waals surface area contributed by atoms with Crippen LogP contribution >= 0.6 is 0 Å². The van der Waals surface area contributed by atoms with E-state index in [0.29, 0.717) is 25.2 Å². The van der Waals surface area contributed by atoms with Gasteiger partial charge in [0.1, 0.15) is 5.60 Å². The highest BCUT2D eigenvalue weighted by Crippen LogP contribution is 2.20. The van der Waals surface area contributed by atoms with Crippen molar-refractivity contribution in [3.05, 3.63) is 53.9 Å². The van der Waals surface area contributed by atoms with E-state index in [1.54, 1.807) is 11.1 Å². The Morgan fingerprint density at radius 3 is 2.62 bits per heavy atom. The summed E-state index contributed by atoms with van der Waals surface area (Å²) in [6.07, 6.45) is 6.21. The molecular formula is C22H30N4O3. The average Bonchev–Trinajstić information content (AvgIpc) is 3.18. The van der Waals surface area contributed by atoms with Gasteiger partial charge < -0.3 is 15.0 Å². The minimum Gasteiger partial charge on any atom is -0.444 e. The van der Waals surface area contributed by atoms with Gasteiger partial charge in [-0.1, -0.05) is 12.1 Å². The van der Waals surface area contributed by atoms with Crippen LogP contribution in [0.1, 0.15) is 56.0 Å². The molecule has 1 unspecified atom stereocenters. The normalized spacial score (nSPS) is 17.1. The van der Waals surface area contributed by atoms with Crippen LogP contribution < -0.4 is 5.32 Å². The number of nitrogens with one attached hydrogen (secondary N) is 1. The molecule has 0 aliphatic carbocycles. The molecule has 156 valence electrons. The standard InChI is InChI=1S/C22H30N4O3/c1-22(2,3)29-21(28)26-14-5-4-7-19(26)15-23-20(27)18-10-8-17(9-11-18)16-25-13-6-12-24-25/h6,8-13,19H,4-5,7,14-16H2,1-3H3,(H,23,27). The summed E-state index contributed by atoms with van der Waals surface area (Å²) in [5.41, 5.74) is 1.16. The number of hydrogen-bond acceptors (Lipinski definition) is 4. The number of aromatic nitrogens is 2. The number of carbonyl (C=O) groups is 2. The van der Waals surface area contributed by atoms with Crippen LogP contribution in [-0.2, 0) is 11.3 Å². The maximum absolute atomic E-state index is 12.6. The summed E-state index contributed by atoms with van der Waals surface area (Å²) in [6.45, 7) is 7.34. The van der Waals surface area contributed by atoms with Crippen LogP contribution in [-0.4, -0.2) is 51.4 Å². The van der Waals surface area contributed by atoms with Crippen molar-refractivity contribution >= 4 is 12.0 Å². The van der Waals surface area contributed by atoms with Gasteiger partial charge >= 0.3 is 6.09 Å². The van der Waals surface area contributed by atoms with Crippen molar-refractivity contribution in [3.63, 3.8) is 0 Å². The summed E-state index contributed by atoms with van der Waals surface area (Å²) in [5, 5.41) is 7.16. The van der Waals surface area contributed by atoms with E-state index in [4.69, 9.17) is 4.74 Å². The Kier molecular flexibility index (Phi) is 6.56. The summed E-state index contributed by atoms with van der Waals surface area (Å²) >= 11 is 0. The predicted octanol–water partition coefficient (Wildman–Crippen LogP) is 3.45. The third-order valence-corrected chi connectivity index (χ3v) is 4.87. The molecule has 0 radical (unpaired) electrons. The van der Waals surface area contributed by atoms with Crippen molar-refractivity contribution in [1.29, 1.82) is 0 Å². The van der Waals surface area contributed by atoms with Gasteiger partial charge in [0.25, 0.3) is 5.91 Å². The monoisotopic (exact) mass is 398 g/mol. The molecule has 0 bridgehead atoms. The van der Waals surface area contributed by atoms with Crippen molar-refractivity contribution in [1.82, 2.24) is 20.0 Å². The number of hydrogen-bond donors (Lipinski definition) is 1. The van der Waals surface area contributed by atoms with E-state index in [1.807, 2.05) is 62.0 Å². The lowest BCUT2D eigenvalue weighted by molar-refractivity contribution is 0.00986. The van der Waals surface area contributed by atoms with Crippen molar-refractivity contribution in [2.24, 2.45) is 0 Å². The van der Waals surface area contributed by atoms with Crippen molar-refractivity contribution in [2.75, 3.05) is 13.1 Å². The molecule has 0 spiro atoms. The Balaban J connectivity index is 1.55. The molecule has 1 saturated heterocycles. The van der Waals surface area contributed by atoms with Crippen LogP contribution in [0.25, 0.3) is 0 Å². The van der Waals surface area contributed by atoms with Crippen LogP contribution in [0.4, 0.5) is 4.79 Å². The molecule has 1 fully saturated rings. The van der Waals surface area contributed by atoms with Crippen LogP contribution in [0.5, 0.6) is 0 Å². The summed E-state index contributed by atoms with van der Waals surface area (Å²) in [7, 11) is 0. The number of likely N-dealkylation sites (tertiary alicyclic amines) is 1. The second-order valence-corrected chi connectivity index (χ2v) is 8.43. The molecule has 1 aliphatic heterocycles. The van der Waals surface area contributed by atoms with Gasteiger partial charge in [-0.05, 0) is 63.8 Å². The highest BCUT2D eigenvalue weighted by molar-refractivity contribution is 5.94. The van der Waals surface area contributed by atoms with Crippen molar-refractivity contribution in [2.45, 2.75) is 58.2 Å². The van der Waals surface area contributed by atoms with E-state index < -0.39 is 5.60 Å². The number of piperidine rings is 1. The molecule has 29 heavy (non-hydrogen) atoms. The van der Waals surface area contributed by atoms with Crippen molar-refractivity contribution in [3.8, 4) is 0 Å². The van der Waals surface area contributed by atoms with E-state index in [-0.39, 0.29) is 18.0 Å². The lowest BCUT2D eigenvalue weighted by Gasteiger charge is -2.36. The van der Waals surface area contributed by atoms with Gasteiger partial charge in [0.05, 0.1) is 12.6 Å². The SMILES string of the molecule is CC(C)(C)OC(=O)N1CCCCC1CNC(=O)c1ccc(Cn2cccn2)cc1. The molecule has 7 heteroatoms. The molecular weight excluding hydrogens is 368 g/mol. The topological polar surface area (TPSA) is 76.5 Å². The maximum Gasteiger partial charge on any atom is 0.410 e. The Hall–Kier alpha value is -2.83. The molecule has 2 amide bonds. The Labute approximate surface area is 172 Å². The molecule has 3 rings (SSSR count). The second kappa shape index (κ2) is 9.11. The molecule has 1 atom stereocenters. The Morgan fingerprint density at radius 1 is 1.21 bits per heavy atom. The van der Waals surface area contributed by atoms with Gasteiger partial charge in [0, 0.05) is 31.0 Å². The molecule has 1 N–H and O–H groups in total. The van der Waals surface area contributed by atoms with Gasteiger partial charge in [-0.25, -0.2) is 4.79 Å². The van der Waals surface area contributed by atoms with E-state index in [9.17, 15) is 9.59 Å². The third kappa shape index (κ3) is 6.07. The zero-order valence-corrected chi connectivity index (χ0v) is 17.4. The first-order chi connectivity index (χ1) is 13.8. The van der Waals surface area contributed by atoms with Gasteiger partial charge in [-0.2, -0.15) is 5.10 Å². The summed E-state index contributed by atoms with van der Waals surface area (Å²) in [5.74, 6) is -0.134. The van der Waals surface area contributed by atoms with Crippen LogP contribution in [0.2, 0.25) is 0 Å². The fraction of sp³-hybridized carbons (Fsp3) is 0.500. The van der Waals surface area contributed by atoms with Crippen molar-refractivity contribution < 1.29 is 14.3 Å². The molecule has 2 aromatic rings. The lowest BCUT2D eigenvalue weighted by atomic mass is 10.0. The number of carbonyl (C=O) groups excluding carboxylic acids is 2. The first kappa shape index (κ1) is 20.9. The highest BCUT2D eigenvalue weighted by Gasteiger charge is 2.30. The predicted molar refractivity (Wildman–Crippen MR) is 111 cm³/mol. The zero-order valence-electron chi connectivity index (χ0n) is 17.4. The van der Waals surface area contributed by atoms with E-state index in [2.05, 4.69) is 10.4 Å². The van der Waals surface area contributed by atoms with Crippen LogP contribution in [0.3, 0.4) is 0 Å². The minimum absolute atomic E-state index is 0.0401. The average molecular weight is 399 g/mol. The summed E-state index contributed by atoms with van der Waals surface area (Å²) < 4.78 is 7.36. The fourth-order valence-electron chi connectivity index (χ4n) is 3.43. The van der Waals surface area contributed by atoms with E-state index >= 15 is 0 Å². The first-order valence-corrected chi connectivity index (χ1v) is 10.2.